The van der Waals surface area contributed by atoms with Crippen LogP contribution in [0.25, 0.3) is 0 Å². The molecule has 34 heavy (non-hydrogen) atoms. The van der Waals surface area contributed by atoms with Gasteiger partial charge in [0.2, 0.25) is 5.91 Å². The highest BCUT2D eigenvalue weighted by atomic mass is 32.2. The Labute approximate surface area is 202 Å². The van der Waals surface area contributed by atoms with Crippen LogP contribution in [0.3, 0.4) is 0 Å². The van der Waals surface area contributed by atoms with Gasteiger partial charge >= 0.3 is 5.97 Å². The number of thioether (sulfide) groups is 1. The van der Waals surface area contributed by atoms with Gasteiger partial charge in [0.15, 0.2) is 5.17 Å². The molecule has 4 rings (SSSR count). The summed E-state index contributed by atoms with van der Waals surface area (Å²) < 4.78 is 20.2. The van der Waals surface area contributed by atoms with E-state index in [-0.39, 0.29) is 24.5 Å². The van der Waals surface area contributed by atoms with E-state index in [0.29, 0.717) is 28.7 Å². The second-order valence-corrected chi connectivity index (χ2v) is 8.73. The first-order valence-corrected chi connectivity index (χ1v) is 12.0. The Bertz CT molecular complexity index is 1180. The van der Waals surface area contributed by atoms with Gasteiger partial charge in [-0.15, -0.1) is 0 Å². The van der Waals surface area contributed by atoms with E-state index in [1.807, 2.05) is 35.7 Å². The molecule has 0 spiro atoms. The van der Waals surface area contributed by atoms with Gasteiger partial charge in [0, 0.05) is 17.8 Å². The largest absolute Gasteiger partial charge is 0.463 e. The number of aliphatic imine (C=N–C) groups is 1. The zero-order valence-corrected chi connectivity index (χ0v) is 19.9. The normalized spacial score (nSPS) is 17.1. The number of benzene rings is 2. The average Bonchev–Trinajstić information content (AvgIpc) is 3.21. The highest BCUT2D eigenvalue weighted by molar-refractivity contribution is 8.16. The molecular formula is C26H26FN3O3S. The number of fused-ring (bicyclic) bond motifs is 1. The van der Waals surface area contributed by atoms with Crippen molar-refractivity contribution in [3.63, 3.8) is 0 Å². The molecule has 0 saturated heterocycles. The number of carbonyl (C=O) groups excluding carboxylic acids is 2. The van der Waals surface area contributed by atoms with E-state index in [2.05, 4.69) is 10.3 Å². The van der Waals surface area contributed by atoms with Gasteiger partial charge in [-0.25, -0.2) is 14.2 Å². The minimum absolute atomic E-state index is 0.0842. The Kier molecular flexibility index (Phi) is 7.47. The number of nitrogens with zero attached hydrogens (tertiary/aromatic N) is 2. The van der Waals surface area contributed by atoms with Crippen molar-refractivity contribution in [1.82, 2.24) is 10.2 Å². The highest BCUT2D eigenvalue weighted by Crippen LogP contribution is 2.45. The molecular weight excluding hydrogens is 453 g/mol. The number of amides is 1. The van der Waals surface area contributed by atoms with Crippen LogP contribution in [-0.4, -0.2) is 35.1 Å². The van der Waals surface area contributed by atoms with E-state index in [0.717, 1.165) is 12.0 Å². The fourth-order valence-corrected chi connectivity index (χ4v) is 5.01. The van der Waals surface area contributed by atoms with Crippen LogP contribution in [-0.2, 0) is 20.7 Å². The summed E-state index contributed by atoms with van der Waals surface area (Å²) in [5.74, 6) is -1.13. The smallest absolute Gasteiger partial charge is 0.338 e. The van der Waals surface area contributed by atoms with Crippen molar-refractivity contribution in [2.24, 2.45) is 4.99 Å². The number of allylic oxidation sites excluding steroid dienone is 1. The van der Waals surface area contributed by atoms with Gasteiger partial charge in [0.25, 0.3) is 0 Å². The molecule has 0 radical (unpaired) electrons. The minimum Gasteiger partial charge on any atom is -0.463 e. The van der Waals surface area contributed by atoms with Crippen molar-refractivity contribution in [2.75, 3.05) is 13.2 Å². The summed E-state index contributed by atoms with van der Waals surface area (Å²) >= 11 is 1.36. The van der Waals surface area contributed by atoms with Crippen LogP contribution in [0.15, 0.2) is 82.0 Å². The lowest BCUT2D eigenvalue weighted by Crippen LogP contribution is -2.38. The predicted molar refractivity (Wildman–Crippen MR) is 131 cm³/mol. The van der Waals surface area contributed by atoms with Crippen molar-refractivity contribution < 1.29 is 18.7 Å². The molecule has 2 heterocycles. The second kappa shape index (κ2) is 10.7. The lowest BCUT2D eigenvalue weighted by atomic mass is 9.93. The summed E-state index contributed by atoms with van der Waals surface area (Å²) in [7, 11) is 0. The fourth-order valence-electron chi connectivity index (χ4n) is 4.05. The first-order valence-electron chi connectivity index (χ1n) is 11.2. The summed E-state index contributed by atoms with van der Waals surface area (Å²) in [6.45, 7) is 4.14. The standard InChI is InChI=1S/C26H26FN3O3S/c1-3-33-25(32)23-17(2)29-26-30(24(23)20-11-7-8-12-21(20)27)19(16-34-26)15-22(31)28-14-13-18-9-5-4-6-10-18/h4-12,16,24H,3,13-15H2,1-2H3,(H,28,31)/t24-/m1/s1. The van der Waals surface area contributed by atoms with Crippen molar-refractivity contribution in [2.45, 2.75) is 32.7 Å². The number of amidine groups is 1. The summed E-state index contributed by atoms with van der Waals surface area (Å²) in [5.41, 5.74) is 2.88. The van der Waals surface area contributed by atoms with Gasteiger partial charge in [0.1, 0.15) is 5.82 Å². The number of esters is 1. The van der Waals surface area contributed by atoms with Crippen LogP contribution in [0.4, 0.5) is 4.39 Å². The van der Waals surface area contributed by atoms with Gasteiger partial charge in [-0.05, 0) is 37.3 Å². The topological polar surface area (TPSA) is 71.0 Å². The highest BCUT2D eigenvalue weighted by Gasteiger charge is 2.42. The Morgan fingerprint density at radius 1 is 1.15 bits per heavy atom. The number of hydrogen-bond donors (Lipinski definition) is 1. The van der Waals surface area contributed by atoms with E-state index in [1.54, 1.807) is 36.9 Å². The maximum absolute atomic E-state index is 15.0. The molecule has 2 aliphatic rings. The number of ether oxygens (including phenoxy) is 1. The maximum atomic E-state index is 15.0. The molecule has 0 aromatic heterocycles. The third-order valence-corrected chi connectivity index (χ3v) is 6.50. The molecule has 1 atom stereocenters. The van der Waals surface area contributed by atoms with E-state index in [1.165, 1.54) is 17.8 Å². The number of nitrogens with one attached hydrogen (secondary N) is 1. The van der Waals surface area contributed by atoms with Crippen LogP contribution in [0, 0.1) is 5.82 Å². The minimum atomic E-state index is -0.772. The zero-order valence-electron chi connectivity index (χ0n) is 19.1. The van der Waals surface area contributed by atoms with E-state index < -0.39 is 17.8 Å². The second-order valence-electron chi connectivity index (χ2n) is 7.90. The SMILES string of the molecule is CCOC(=O)C1=C(C)N=C2SC=C(CC(=O)NCCc3ccccc3)N2[C@@H]1c1ccccc1F. The van der Waals surface area contributed by atoms with Gasteiger partial charge in [-0.2, -0.15) is 0 Å². The lowest BCUT2D eigenvalue weighted by molar-refractivity contribution is -0.139. The Morgan fingerprint density at radius 2 is 1.88 bits per heavy atom. The zero-order chi connectivity index (χ0) is 24.1. The predicted octanol–water partition coefficient (Wildman–Crippen LogP) is 4.71. The van der Waals surface area contributed by atoms with Gasteiger partial charge in [-0.3, -0.25) is 4.79 Å². The Hall–Kier alpha value is -3.39. The van der Waals surface area contributed by atoms with E-state index in [4.69, 9.17) is 4.74 Å². The van der Waals surface area contributed by atoms with E-state index in [9.17, 15) is 14.0 Å². The molecule has 0 saturated carbocycles. The number of hydrogen-bond acceptors (Lipinski definition) is 6. The molecule has 176 valence electrons. The summed E-state index contributed by atoms with van der Waals surface area (Å²) in [6.07, 6.45) is 0.810. The third-order valence-electron chi connectivity index (χ3n) is 5.62. The Morgan fingerprint density at radius 3 is 2.62 bits per heavy atom. The third kappa shape index (κ3) is 5.07. The fraction of sp³-hybridized carbons (Fsp3) is 0.269. The monoisotopic (exact) mass is 479 g/mol. The Balaban J connectivity index is 1.56. The van der Waals surface area contributed by atoms with Crippen molar-refractivity contribution in [3.8, 4) is 0 Å². The molecule has 1 N–H and O–H groups in total. The van der Waals surface area contributed by atoms with Crippen LogP contribution >= 0.6 is 11.8 Å². The van der Waals surface area contributed by atoms with Crippen molar-refractivity contribution in [3.05, 3.63) is 93.9 Å². The van der Waals surface area contributed by atoms with Gasteiger partial charge in [0.05, 0.1) is 30.3 Å². The first-order chi connectivity index (χ1) is 16.5. The summed E-state index contributed by atoms with van der Waals surface area (Å²) in [6, 6.07) is 15.5. The number of carbonyl (C=O) groups is 2. The molecule has 0 aliphatic carbocycles. The molecule has 8 heteroatoms. The van der Waals surface area contributed by atoms with E-state index >= 15 is 0 Å². The lowest BCUT2D eigenvalue weighted by Gasteiger charge is -2.36. The molecule has 2 aliphatic heterocycles. The molecule has 0 fully saturated rings. The van der Waals surface area contributed by atoms with Crippen LogP contribution in [0.1, 0.15) is 37.4 Å². The molecule has 1 amide bonds. The van der Waals surface area contributed by atoms with Crippen LogP contribution < -0.4 is 5.32 Å². The molecule has 6 nitrogen and oxygen atoms in total. The summed E-state index contributed by atoms with van der Waals surface area (Å²) in [5, 5.41) is 5.39. The average molecular weight is 480 g/mol. The van der Waals surface area contributed by atoms with Crippen LogP contribution in [0.2, 0.25) is 0 Å². The quantitative estimate of drug-likeness (QED) is 0.555. The van der Waals surface area contributed by atoms with Crippen molar-refractivity contribution >= 4 is 28.8 Å². The number of rotatable bonds is 8. The molecule has 0 bridgehead atoms. The first kappa shape index (κ1) is 23.8. The van der Waals surface area contributed by atoms with Crippen molar-refractivity contribution in [1.29, 1.82) is 0 Å². The number of halogens is 1. The van der Waals surface area contributed by atoms with Gasteiger partial charge < -0.3 is 15.0 Å². The maximum Gasteiger partial charge on any atom is 0.338 e. The summed E-state index contributed by atoms with van der Waals surface area (Å²) in [4.78, 5) is 32.0. The van der Waals surface area contributed by atoms with Crippen LogP contribution in [0.5, 0.6) is 0 Å². The molecule has 0 unspecified atom stereocenters. The molecule has 2 aromatic carbocycles. The molecule has 2 aromatic rings. The van der Waals surface area contributed by atoms with Gasteiger partial charge in [-0.1, -0.05) is 60.3 Å².